The second-order valence-corrected chi connectivity index (χ2v) is 7.93. The van der Waals surface area contributed by atoms with Crippen molar-refractivity contribution in [3.05, 3.63) is 36.5 Å². The van der Waals surface area contributed by atoms with Gasteiger partial charge in [0.05, 0.1) is 37.6 Å². The predicted molar refractivity (Wildman–Crippen MR) is 116 cm³/mol. The molecule has 1 aromatic carbocycles. The van der Waals surface area contributed by atoms with Crippen LogP contribution in [-0.2, 0) is 9.47 Å². The fourth-order valence-electron chi connectivity index (χ4n) is 4.39. The van der Waals surface area contributed by atoms with Crippen LogP contribution >= 0.6 is 0 Å². The molecule has 0 amide bonds. The number of aromatic nitrogens is 4. The highest BCUT2D eigenvalue weighted by atomic mass is 16.5. The summed E-state index contributed by atoms with van der Waals surface area (Å²) in [5, 5.41) is 5.81. The number of methoxy groups -OCH3 is 1. The highest BCUT2D eigenvalue weighted by molar-refractivity contribution is 5.89. The maximum atomic E-state index is 5.56. The van der Waals surface area contributed by atoms with E-state index in [0.717, 1.165) is 80.5 Å². The van der Waals surface area contributed by atoms with E-state index in [4.69, 9.17) is 24.5 Å². The molecular formula is C22H28N6O2. The molecule has 158 valence electrons. The Morgan fingerprint density at radius 2 is 1.80 bits per heavy atom. The normalized spacial score (nSPS) is 18.9. The number of piperidine rings is 1. The lowest BCUT2D eigenvalue weighted by Gasteiger charge is -2.31. The third-order valence-electron chi connectivity index (χ3n) is 5.99. The van der Waals surface area contributed by atoms with Gasteiger partial charge in [0.15, 0.2) is 11.5 Å². The summed E-state index contributed by atoms with van der Waals surface area (Å²) < 4.78 is 13.0. The van der Waals surface area contributed by atoms with Crippen LogP contribution in [0.5, 0.6) is 0 Å². The molecule has 0 unspecified atom stereocenters. The Morgan fingerprint density at radius 3 is 2.53 bits per heavy atom. The lowest BCUT2D eigenvalue weighted by atomic mass is 10.1. The number of nitrogens with zero attached hydrogens (tertiary/aromatic N) is 6. The number of anilines is 1. The van der Waals surface area contributed by atoms with Crippen molar-refractivity contribution in [1.82, 2.24) is 24.6 Å². The van der Waals surface area contributed by atoms with Crippen LogP contribution in [0.15, 0.2) is 36.5 Å². The van der Waals surface area contributed by atoms with Gasteiger partial charge in [-0.3, -0.25) is 4.90 Å². The molecule has 2 aliphatic heterocycles. The lowest BCUT2D eigenvalue weighted by molar-refractivity contribution is 0.0400. The van der Waals surface area contributed by atoms with Gasteiger partial charge in [-0.25, -0.2) is 14.6 Å². The second kappa shape index (κ2) is 8.67. The van der Waals surface area contributed by atoms with E-state index in [1.807, 2.05) is 24.4 Å². The summed E-state index contributed by atoms with van der Waals surface area (Å²) in [7, 11) is 1.75. The Kier molecular flexibility index (Phi) is 5.61. The SMILES string of the molecule is COCN1CCC(n2ncc3c(N4CCOCC4)nc(-c4ccccc4)nc32)CC1. The summed E-state index contributed by atoms with van der Waals surface area (Å²) in [6, 6.07) is 10.5. The summed E-state index contributed by atoms with van der Waals surface area (Å²) in [5.74, 6) is 1.72. The molecule has 2 aliphatic rings. The molecule has 0 aliphatic carbocycles. The van der Waals surface area contributed by atoms with Gasteiger partial charge in [-0.1, -0.05) is 30.3 Å². The second-order valence-electron chi connectivity index (χ2n) is 7.93. The van der Waals surface area contributed by atoms with E-state index >= 15 is 0 Å². The van der Waals surface area contributed by atoms with Gasteiger partial charge in [-0.05, 0) is 12.8 Å². The third-order valence-corrected chi connectivity index (χ3v) is 5.99. The smallest absolute Gasteiger partial charge is 0.164 e. The van der Waals surface area contributed by atoms with Gasteiger partial charge in [0.25, 0.3) is 0 Å². The average molecular weight is 409 g/mol. The molecule has 0 N–H and O–H groups in total. The number of morpholine rings is 1. The molecule has 30 heavy (non-hydrogen) atoms. The van der Waals surface area contributed by atoms with Gasteiger partial charge in [-0.15, -0.1) is 0 Å². The summed E-state index contributed by atoms with van der Waals surface area (Å²) in [6.07, 6.45) is 4.02. The molecule has 8 heteroatoms. The van der Waals surface area contributed by atoms with Gasteiger partial charge in [-0.2, -0.15) is 5.10 Å². The molecule has 0 bridgehead atoms. The Hall–Kier alpha value is -2.55. The van der Waals surface area contributed by atoms with Gasteiger partial charge in [0, 0.05) is 38.9 Å². The number of fused-ring (bicyclic) bond motifs is 1. The highest BCUT2D eigenvalue weighted by Gasteiger charge is 2.26. The average Bonchev–Trinajstić information content (AvgIpc) is 3.24. The maximum Gasteiger partial charge on any atom is 0.164 e. The van der Waals surface area contributed by atoms with Crippen molar-refractivity contribution in [2.45, 2.75) is 18.9 Å². The summed E-state index contributed by atoms with van der Waals surface area (Å²) >= 11 is 0. The van der Waals surface area contributed by atoms with Gasteiger partial charge in [0.1, 0.15) is 5.82 Å². The van der Waals surface area contributed by atoms with Crippen LogP contribution in [-0.4, -0.2) is 77.9 Å². The molecule has 0 radical (unpaired) electrons. The minimum absolute atomic E-state index is 0.340. The number of hydrogen-bond acceptors (Lipinski definition) is 7. The standard InChI is InChI=1S/C22H28N6O2/c1-29-16-26-9-7-18(8-10-26)28-22-19(15-23-28)21(27-11-13-30-14-12-27)24-20(25-22)17-5-3-2-4-6-17/h2-6,15,18H,7-14,16H2,1H3. The van der Waals surface area contributed by atoms with Crippen LogP contribution in [0.2, 0.25) is 0 Å². The Bertz CT molecular complexity index is 978. The van der Waals surface area contributed by atoms with Crippen molar-refractivity contribution in [2.75, 3.05) is 58.1 Å². The number of likely N-dealkylation sites (tertiary alicyclic amines) is 1. The van der Waals surface area contributed by atoms with E-state index in [1.54, 1.807) is 7.11 Å². The van der Waals surface area contributed by atoms with E-state index in [0.29, 0.717) is 12.8 Å². The molecule has 0 atom stereocenters. The van der Waals surface area contributed by atoms with E-state index in [9.17, 15) is 0 Å². The first-order valence-electron chi connectivity index (χ1n) is 10.7. The topological polar surface area (TPSA) is 68.5 Å². The fraction of sp³-hybridized carbons (Fsp3) is 0.500. The molecule has 0 spiro atoms. The van der Waals surface area contributed by atoms with Gasteiger partial charge >= 0.3 is 0 Å². The Balaban J connectivity index is 1.55. The monoisotopic (exact) mass is 408 g/mol. The van der Waals surface area contributed by atoms with Gasteiger partial charge in [0.2, 0.25) is 0 Å². The summed E-state index contributed by atoms with van der Waals surface area (Å²) in [4.78, 5) is 14.6. The molecule has 8 nitrogen and oxygen atoms in total. The molecule has 2 saturated heterocycles. The summed E-state index contributed by atoms with van der Waals surface area (Å²) in [5.41, 5.74) is 1.95. The van der Waals surface area contributed by atoms with Crippen molar-refractivity contribution >= 4 is 16.9 Å². The Morgan fingerprint density at radius 1 is 1.03 bits per heavy atom. The lowest BCUT2D eigenvalue weighted by Crippen LogP contribution is -2.37. The quantitative estimate of drug-likeness (QED) is 0.643. The zero-order valence-corrected chi connectivity index (χ0v) is 17.4. The van der Waals surface area contributed by atoms with Gasteiger partial charge < -0.3 is 14.4 Å². The van der Waals surface area contributed by atoms with Crippen LogP contribution < -0.4 is 4.90 Å². The third kappa shape index (κ3) is 3.78. The molecule has 2 aromatic heterocycles. The molecule has 4 heterocycles. The highest BCUT2D eigenvalue weighted by Crippen LogP contribution is 2.31. The van der Waals surface area contributed by atoms with E-state index in [2.05, 4.69) is 26.6 Å². The van der Waals surface area contributed by atoms with E-state index in [-0.39, 0.29) is 0 Å². The number of hydrogen-bond donors (Lipinski definition) is 0. The zero-order chi connectivity index (χ0) is 20.3. The molecule has 0 saturated carbocycles. The first-order valence-corrected chi connectivity index (χ1v) is 10.7. The first kappa shape index (κ1) is 19.4. The van der Waals surface area contributed by atoms with Crippen LogP contribution in [0, 0.1) is 0 Å². The van der Waals surface area contributed by atoms with Crippen molar-refractivity contribution < 1.29 is 9.47 Å². The molecule has 3 aromatic rings. The van der Waals surface area contributed by atoms with Crippen LogP contribution in [0.3, 0.4) is 0 Å². The van der Waals surface area contributed by atoms with Crippen LogP contribution in [0.25, 0.3) is 22.4 Å². The minimum Gasteiger partial charge on any atom is -0.378 e. The van der Waals surface area contributed by atoms with Crippen molar-refractivity contribution in [1.29, 1.82) is 0 Å². The molecular weight excluding hydrogens is 380 g/mol. The number of benzene rings is 1. The number of ether oxygens (including phenoxy) is 2. The van der Waals surface area contributed by atoms with Crippen LogP contribution in [0.4, 0.5) is 5.82 Å². The predicted octanol–water partition coefficient (Wildman–Crippen LogP) is 2.57. The van der Waals surface area contributed by atoms with Crippen LogP contribution in [0.1, 0.15) is 18.9 Å². The van der Waals surface area contributed by atoms with Crippen molar-refractivity contribution in [3.63, 3.8) is 0 Å². The molecule has 2 fully saturated rings. The number of rotatable bonds is 5. The van der Waals surface area contributed by atoms with E-state index in [1.165, 1.54) is 0 Å². The van der Waals surface area contributed by atoms with Crippen molar-refractivity contribution in [2.24, 2.45) is 0 Å². The zero-order valence-electron chi connectivity index (χ0n) is 17.4. The fourth-order valence-corrected chi connectivity index (χ4v) is 4.39. The Labute approximate surface area is 176 Å². The molecule has 5 rings (SSSR count). The first-order chi connectivity index (χ1) is 14.8. The largest absolute Gasteiger partial charge is 0.378 e. The summed E-state index contributed by atoms with van der Waals surface area (Å²) in [6.45, 7) is 5.81. The maximum absolute atomic E-state index is 5.56. The minimum atomic E-state index is 0.340. The van der Waals surface area contributed by atoms with E-state index < -0.39 is 0 Å². The van der Waals surface area contributed by atoms with Crippen molar-refractivity contribution in [3.8, 4) is 11.4 Å².